The lowest BCUT2D eigenvalue weighted by molar-refractivity contribution is -0.927. The number of ether oxygens (including phenoxy) is 2. The van der Waals surface area contributed by atoms with Gasteiger partial charge in [-0.1, -0.05) is 12.1 Å². The van der Waals surface area contributed by atoms with Crippen molar-refractivity contribution < 1.29 is 14.4 Å². The number of piperazine rings is 1. The molecule has 0 radical (unpaired) electrons. The number of nitrogens with zero attached hydrogens (tertiary/aromatic N) is 5. The van der Waals surface area contributed by atoms with Crippen LogP contribution in [0.25, 0.3) is 0 Å². The number of tetrazole rings is 1. The quantitative estimate of drug-likeness (QED) is 0.625. The monoisotopic (exact) mass is 423 g/mol. The van der Waals surface area contributed by atoms with Crippen molar-refractivity contribution in [3.8, 4) is 11.5 Å². The molecule has 1 aliphatic rings. The maximum absolute atomic E-state index is 5.57. The maximum Gasteiger partial charge on any atom is 0.214 e. The second-order valence-corrected chi connectivity index (χ2v) is 8.10. The van der Waals surface area contributed by atoms with E-state index in [4.69, 9.17) is 9.47 Å². The van der Waals surface area contributed by atoms with Gasteiger partial charge in [-0.05, 0) is 60.7 Å². The topological polar surface area (TPSA) is 69.7 Å². The molecule has 2 heterocycles. The highest BCUT2D eigenvalue weighted by Gasteiger charge is 2.35. The van der Waals surface area contributed by atoms with Crippen LogP contribution in [0.5, 0.6) is 11.5 Å². The first-order valence-corrected chi connectivity index (χ1v) is 10.8. The Kier molecular flexibility index (Phi) is 6.36. The zero-order chi connectivity index (χ0) is 21.8. The lowest BCUT2D eigenvalue weighted by atomic mass is 10.0. The van der Waals surface area contributed by atoms with Crippen molar-refractivity contribution in [3.63, 3.8) is 0 Å². The summed E-state index contributed by atoms with van der Waals surface area (Å²) in [5.74, 6) is 2.67. The van der Waals surface area contributed by atoms with E-state index in [2.05, 4.69) is 58.5 Å². The van der Waals surface area contributed by atoms with Gasteiger partial charge in [0.15, 0.2) is 6.04 Å². The molecule has 1 atom stereocenters. The molecular weight excluding hydrogens is 392 g/mol. The molecule has 0 amide bonds. The number of para-hydroxylation sites is 2. The Morgan fingerprint density at radius 2 is 1.65 bits per heavy atom. The van der Waals surface area contributed by atoms with Gasteiger partial charge < -0.3 is 19.3 Å². The van der Waals surface area contributed by atoms with Crippen LogP contribution in [0.1, 0.15) is 37.3 Å². The van der Waals surface area contributed by atoms with Gasteiger partial charge >= 0.3 is 0 Å². The van der Waals surface area contributed by atoms with Gasteiger partial charge in [0, 0.05) is 5.56 Å². The van der Waals surface area contributed by atoms with Crippen LogP contribution >= 0.6 is 0 Å². The second-order valence-electron chi connectivity index (χ2n) is 8.10. The van der Waals surface area contributed by atoms with Gasteiger partial charge in [0.2, 0.25) is 5.82 Å². The Bertz CT molecular complexity index is 980. The predicted octanol–water partition coefficient (Wildman–Crippen LogP) is 1.77. The van der Waals surface area contributed by atoms with Crippen molar-refractivity contribution in [2.45, 2.75) is 25.9 Å². The van der Waals surface area contributed by atoms with Crippen LogP contribution in [0.4, 0.5) is 5.69 Å². The lowest BCUT2D eigenvalue weighted by Gasteiger charge is -2.37. The average Bonchev–Trinajstić information content (AvgIpc) is 3.30. The van der Waals surface area contributed by atoms with Gasteiger partial charge in [-0.15, -0.1) is 5.10 Å². The van der Waals surface area contributed by atoms with Crippen LogP contribution in [0, 0.1) is 0 Å². The van der Waals surface area contributed by atoms with Crippen molar-refractivity contribution in [3.05, 3.63) is 59.9 Å². The number of aromatic nitrogens is 4. The predicted molar refractivity (Wildman–Crippen MR) is 119 cm³/mol. The highest BCUT2D eigenvalue weighted by Crippen LogP contribution is 2.28. The first-order valence-electron chi connectivity index (χ1n) is 10.8. The van der Waals surface area contributed by atoms with Crippen molar-refractivity contribution in [1.29, 1.82) is 0 Å². The van der Waals surface area contributed by atoms with Crippen molar-refractivity contribution in [2.75, 3.05) is 45.3 Å². The molecule has 1 aliphatic heterocycles. The van der Waals surface area contributed by atoms with Crippen LogP contribution in [0.3, 0.4) is 0 Å². The zero-order valence-corrected chi connectivity index (χ0v) is 18.7. The zero-order valence-electron chi connectivity index (χ0n) is 18.7. The Balaban J connectivity index is 1.61. The van der Waals surface area contributed by atoms with E-state index < -0.39 is 0 Å². The van der Waals surface area contributed by atoms with E-state index in [0.29, 0.717) is 0 Å². The summed E-state index contributed by atoms with van der Waals surface area (Å²) in [4.78, 5) is 3.85. The SMILES string of the molecule is COc1ccc([C@@H](c2nnnn2C(C)C)[NH+]2CCN(c3ccccc3OC)CC2)cc1. The number of quaternary nitrogens is 1. The Labute approximate surface area is 183 Å². The molecule has 2 aromatic carbocycles. The minimum absolute atomic E-state index is 0.0584. The fraction of sp³-hybridized carbons (Fsp3) is 0.435. The van der Waals surface area contributed by atoms with E-state index in [9.17, 15) is 0 Å². The van der Waals surface area contributed by atoms with Crippen LogP contribution in [-0.2, 0) is 0 Å². The summed E-state index contributed by atoms with van der Waals surface area (Å²) in [6.45, 7) is 8.04. The Morgan fingerprint density at radius 1 is 0.935 bits per heavy atom. The van der Waals surface area contributed by atoms with E-state index in [1.54, 1.807) is 14.2 Å². The lowest BCUT2D eigenvalue weighted by Crippen LogP contribution is -3.15. The van der Waals surface area contributed by atoms with Gasteiger partial charge in [0.1, 0.15) is 11.5 Å². The number of hydrogen-bond acceptors (Lipinski definition) is 6. The van der Waals surface area contributed by atoms with Crippen LogP contribution in [-0.4, -0.2) is 60.6 Å². The van der Waals surface area contributed by atoms with Gasteiger partial charge in [-0.2, -0.15) is 0 Å². The summed E-state index contributed by atoms with van der Waals surface area (Å²) in [6.07, 6.45) is 0. The van der Waals surface area contributed by atoms with E-state index >= 15 is 0 Å². The molecular formula is C23H31N6O2+. The summed E-state index contributed by atoms with van der Waals surface area (Å²) in [5, 5.41) is 12.7. The Morgan fingerprint density at radius 3 is 2.29 bits per heavy atom. The first kappa shape index (κ1) is 21.1. The van der Waals surface area contributed by atoms with E-state index in [1.165, 1.54) is 10.5 Å². The molecule has 1 N–H and O–H groups in total. The molecule has 1 aromatic heterocycles. The van der Waals surface area contributed by atoms with E-state index in [1.807, 2.05) is 28.9 Å². The normalized spacial score (nSPS) is 15.8. The van der Waals surface area contributed by atoms with Crippen LogP contribution in [0.2, 0.25) is 0 Å². The number of rotatable bonds is 7. The molecule has 4 rings (SSSR count). The molecule has 31 heavy (non-hydrogen) atoms. The first-order chi connectivity index (χ1) is 15.1. The largest absolute Gasteiger partial charge is 0.497 e. The van der Waals surface area contributed by atoms with E-state index in [-0.39, 0.29) is 12.1 Å². The third-order valence-electron chi connectivity index (χ3n) is 5.95. The fourth-order valence-corrected chi connectivity index (χ4v) is 4.34. The van der Waals surface area contributed by atoms with Gasteiger partial charge in [0.05, 0.1) is 52.1 Å². The highest BCUT2D eigenvalue weighted by atomic mass is 16.5. The number of hydrogen-bond donors (Lipinski definition) is 1. The number of benzene rings is 2. The molecule has 8 nitrogen and oxygen atoms in total. The molecule has 1 fully saturated rings. The molecule has 1 saturated heterocycles. The van der Waals surface area contributed by atoms with Crippen molar-refractivity contribution in [1.82, 2.24) is 20.2 Å². The number of nitrogens with one attached hydrogen (secondary N) is 1. The molecule has 0 bridgehead atoms. The van der Waals surface area contributed by atoms with Gasteiger partial charge in [0.25, 0.3) is 0 Å². The molecule has 3 aromatic rings. The molecule has 164 valence electrons. The summed E-state index contributed by atoms with van der Waals surface area (Å²) in [5.41, 5.74) is 2.34. The van der Waals surface area contributed by atoms with Crippen LogP contribution in [0.15, 0.2) is 48.5 Å². The minimum atomic E-state index is 0.0584. The molecule has 0 unspecified atom stereocenters. The Hall–Kier alpha value is -3.13. The minimum Gasteiger partial charge on any atom is -0.497 e. The summed E-state index contributed by atoms with van der Waals surface area (Å²) in [6, 6.07) is 16.7. The smallest absolute Gasteiger partial charge is 0.214 e. The molecule has 0 saturated carbocycles. The molecule has 8 heteroatoms. The highest BCUT2D eigenvalue weighted by molar-refractivity contribution is 5.58. The summed E-state index contributed by atoms with van der Waals surface area (Å²) < 4.78 is 12.9. The molecule has 0 spiro atoms. The molecule has 0 aliphatic carbocycles. The third-order valence-corrected chi connectivity index (χ3v) is 5.95. The van der Waals surface area contributed by atoms with E-state index in [0.717, 1.165) is 49.2 Å². The number of methoxy groups -OCH3 is 2. The third kappa shape index (κ3) is 4.34. The second kappa shape index (κ2) is 9.34. The van der Waals surface area contributed by atoms with Crippen LogP contribution < -0.4 is 19.3 Å². The van der Waals surface area contributed by atoms with Gasteiger partial charge in [-0.3, -0.25) is 0 Å². The fourth-order valence-electron chi connectivity index (χ4n) is 4.34. The standard InChI is InChI=1S/C23H30N6O2/c1-17(2)29-23(24-25-26-29)22(18-9-11-19(30-3)12-10-18)28-15-13-27(14-16-28)20-7-5-6-8-21(20)31-4/h5-12,17,22H,13-16H2,1-4H3/p+1/t22-/m0/s1. The summed E-state index contributed by atoms with van der Waals surface area (Å²) in [7, 11) is 3.42. The average molecular weight is 424 g/mol. The maximum atomic E-state index is 5.57. The van der Waals surface area contributed by atoms with Gasteiger partial charge in [-0.25, -0.2) is 4.68 Å². The van der Waals surface area contributed by atoms with Crippen molar-refractivity contribution in [2.24, 2.45) is 0 Å². The van der Waals surface area contributed by atoms with Crippen molar-refractivity contribution >= 4 is 5.69 Å². The number of anilines is 1. The summed E-state index contributed by atoms with van der Waals surface area (Å²) >= 11 is 0.